The highest BCUT2D eigenvalue weighted by Crippen LogP contribution is 2.30. The van der Waals surface area contributed by atoms with Crippen molar-refractivity contribution in [2.45, 2.75) is 25.7 Å². The van der Waals surface area contributed by atoms with Gasteiger partial charge in [-0.2, -0.15) is 0 Å². The van der Waals surface area contributed by atoms with Crippen LogP contribution in [0.25, 0.3) is 0 Å². The molecule has 0 fully saturated rings. The molecule has 0 aromatic heterocycles. The Balaban J connectivity index is 1.51. The smallest absolute Gasteiger partial charge is 0.326 e. The van der Waals surface area contributed by atoms with Gasteiger partial charge in [0.05, 0.1) is 0 Å². The summed E-state index contributed by atoms with van der Waals surface area (Å²) in [5, 5.41) is 12.2. The normalized spacial score (nSPS) is 11.4. The molecule has 188 valence electrons. The van der Waals surface area contributed by atoms with Crippen molar-refractivity contribution in [2.75, 3.05) is 0 Å². The Bertz CT molecular complexity index is 1330. The first kappa shape index (κ1) is 25.4. The molecule has 6 nitrogen and oxygen atoms in total. The van der Waals surface area contributed by atoms with E-state index in [1.807, 2.05) is 60.7 Å². The third-order valence-electron chi connectivity index (χ3n) is 5.63. The van der Waals surface area contributed by atoms with Crippen molar-refractivity contribution in [2.24, 2.45) is 0 Å². The van der Waals surface area contributed by atoms with Crippen molar-refractivity contribution in [1.82, 2.24) is 5.32 Å². The minimum Gasteiger partial charge on any atom is -0.485 e. The number of ether oxygens (including phenoxy) is 2. The summed E-state index contributed by atoms with van der Waals surface area (Å²) in [6.45, 7) is 0.642. The number of carbonyl (C=O) groups is 2. The van der Waals surface area contributed by atoms with Gasteiger partial charge in [-0.1, -0.05) is 66.7 Å². The number of carbonyl (C=O) groups excluding carboxylic acids is 1. The lowest BCUT2D eigenvalue weighted by Crippen LogP contribution is -2.42. The molecule has 1 atom stereocenters. The first-order valence-corrected chi connectivity index (χ1v) is 11.7. The fourth-order valence-electron chi connectivity index (χ4n) is 3.66. The summed E-state index contributed by atoms with van der Waals surface area (Å²) in [6, 6.07) is 28.3. The number of rotatable bonds is 11. The highest BCUT2D eigenvalue weighted by molar-refractivity contribution is 5.96. The van der Waals surface area contributed by atoms with Gasteiger partial charge in [0.1, 0.15) is 25.1 Å². The molecule has 2 N–H and O–H groups in total. The van der Waals surface area contributed by atoms with Gasteiger partial charge in [0, 0.05) is 12.0 Å². The number of halogens is 1. The Morgan fingerprint density at radius 3 is 1.86 bits per heavy atom. The average Bonchev–Trinajstić information content (AvgIpc) is 2.92. The van der Waals surface area contributed by atoms with Crippen LogP contribution in [0.1, 0.15) is 27.0 Å². The van der Waals surface area contributed by atoms with Crippen LogP contribution in [0, 0.1) is 5.82 Å². The SMILES string of the molecule is O=C(N[C@@H](Cc1ccc(OCc2ccccc2)c(OCc2ccccc2)c1)C(=O)O)c1ccc(F)cc1. The maximum absolute atomic E-state index is 13.2. The molecule has 1 amide bonds. The van der Waals surface area contributed by atoms with Gasteiger partial charge in [-0.15, -0.1) is 0 Å². The van der Waals surface area contributed by atoms with Gasteiger partial charge in [0.15, 0.2) is 11.5 Å². The zero-order chi connectivity index (χ0) is 26.0. The standard InChI is InChI=1S/C30H26FNO5/c31-25-14-12-24(13-15-25)29(33)32-26(30(34)35)17-23-11-16-27(36-19-21-7-3-1-4-8-21)28(18-23)37-20-22-9-5-2-6-10-22/h1-16,18,26H,17,19-20H2,(H,32,33)(H,34,35)/t26-/m0/s1. The largest absolute Gasteiger partial charge is 0.485 e. The highest BCUT2D eigenvalue weighted by atomic mass is 19.1. The van der Waals surface area contributed by atoms with Crippen LogP contribution in [0.4, 0.5) is 4.39 Å². The lowest BCUT2D eigenvalue weighted by Gasteiger charge is -2.17. The lowest BCUT2D eigenvalue weighted by molar-refractivity contribution is -0.139. The quantitative estimate of drug-likeness (QED) is 0.288. The predicted molar refractivity (Wildman–Crippen MR) is 137 cm³/mol. The van der Waals surface area contributed by atoms with Crippen molar-refractivity contribution < 1.29 is 28.6 Å². The number of amides is 1. The summed E-state index contributed by atoms with van der Waals surface area (Å²) in [5.74, 6) is -1.29. The molecule has 0 saturated carbocycles. The topological polar surface area (TPSA) is 84.9 Å². The molecule has 0 heterocycles. The molecule has 37 heavy (non-hydrogen) atoms. The van der Waals surface area contributed by atoms with E-state index in [-0.39, 0.29) is 12.0 Å². The van der Waals surface area contributed by atoms with Crippen LogP contribution in [0.15, 0.2) is 103 Å². The molecule has 0 aliphatic carbocycles. The van der Waals surface area contributed by atoms with Gasteiger partial charge in [-0.05, 0) is 53.1 Å². The van der Waals surface area contributed by atoms with E-state index in [1.54, 1.807) is 18.2 Å². The van der Waals surface area contributed by atoms with Crippen LogP contribution in [-0.4, -0.2) is 23.0 Å². The number of hydrogen-bond acceptors (Lipinski definition) is 4. The molecule has 0 saturated heterocycles. The van der Waals surface area contributed by atoms with E-state index in [1.165, 1.54) is 12.1 Å². The fourth-order valence-corrected chi connectivity index (χ4v) is 3.66. The minimum atomic E-state index is -1.20. The molecule has 4 rings (SSSR count). The van der Waals surface area contributed by atoms with Crippen LogP contribution >= 0.6 is 0 Å². The zero-order valence-electron chi connectivity index (χ0n) is 20.0. The van der Waals surface area contributed by atoms with E-state index in [4.69, 9.17) is 9.47 Å². The van der Waals surface area contributed by atoms with Crippen LogP contribution in [0.5, 0.6) is 11.5 Å². The first-order valence-electron chi connectivity index (χ1n) is 11.7. The third-order valence-corrected chi connectivity index (χ3v) is 5.63. The van der Waals surface area contributed by atoms with E-state index in [2.05, 4.69) is 5.32 Å². The number of hydrogen-bond donors (Lipinski definition) is 2. The predicted octanol–water partition coefficient (Wildman–Crippen LogP) is 5.41. The molecule has 0 radical (unpaired) electrons. The van der Waals surface area contributed by atoms with Crippen LogP contribution < -0.4 is 14.8 Å². The van der Waals surface area contributed by atoms with Crippen molar-refractivity contribution >= 4 is 11.9 Å². The van der Waals surface area contributed by atoms with Gasteiger partial charge in [-0.25, -0.2) is 9.18 Å². The second-order valence-corrected chi connectivity index (χ2v) is 8.40. The summed E-state index contributed by atoms with van der Waals surface area (Å²) in [4.78, 5) is 24.4. The number of carboxylic acid groups (broad SMARTS) is 1. The Morgan fingerprint density at radius 1 is 0.730 bits per heavy atom. The van der Waals surface area contributed by atoms with E-state index in [9.17, 15) is 19.1 Å². The van der Waals surface area contributed by atoms with Crippen molar-refractivity contribution in [1.29, 1.82) is 0 Å². The lowest BCUT2D eigenvalue weighted by atomic mass is 10.0. The molecule has 0 aliphatic heterocycles. The van der Waals surface area contributed by atoms with Crippen molar-refractivity contribution in [3.05, 3.63) is 131 Å². The summed E-state index contributed by atoms with van der Waals surface area (Å²) < 4.78 is 25.2. The van der Waals surface area contributed by atoms with E-state index in [0.717, 1.165) is 23.3 Å². The summed E-state index contributed by atoms with van der Waals surface area (Å²) in [7, 11) is 0. The molecule has 0 unspecified atom stereocenters. The van der Waals surface area contributed by atoms with Crippen LogP contribution in [0.2, 0.25) is 0 Å². The Hall–Kier alpha value is -4.65. The summed E-state index contributed by atoms with van der Waals surface area (Å²) in [6.07, 6.45) is 0.0168. The number of benzene rings is 4. The van der Waals surface area contributed by atoms with Crippen LogP contribution in [0.3, 0.4) is 0 Å². The maximum atomic E-state index is 13.2. The molecule has 4 aromatic carbocycles. The Kier molecular flexibility index (Phi) is 8.49. The van der Waals surface area contributed by atoms with Crippen molar-refractivity contribution in [3.8, 4) is 11.5 Å². The minimum absolute atomic E-state index is 0.0168. The number of nitrogens with one attached hydrogen (secondary N) is 1. The van der Waals surface area contributed by atoms with Gasteiger partial charge in [0.2, 0.25) is 0 Å². The average molecular weight is 500 g/mol. The van der Waals surface area contributed by atoms with Gasteiger partial charge >= 0.3 is 5.97 Å². The third kappa shape index (κ3) is 7.41. The van der Waals surface area contributed by atoms with E-state index in [0.29, 0.717) is 30.3 Å². The number of aliphatic carboxylic acids is 1. The van der Waals surface area contributed by atoms with Crippen LogP contribution in [-0.2, 0) is 24.4 Å². The molecule has 0 spiro atoms. The number of carboxylic acids is 1. The molecule has 4 aromatic rings. The monoisotopic (exact) mass is 499 g/mol. The molecule has 0 bridgehead atoms. The first-order chi connectivity index (χ1) is 18.0. The van der Waals surface area contributed by atoms with Gasteiger partial charge in [0.25, 0.3) is 5.91 Å². The highest BCUT2D eigenvalue weighted by Gasteiger charge is 2.22. The van der Waals surface area contributed by atoms with E-state index < -0.39 is 23.7 Å². The van der Waals surface area contributed by atoms with E-state index >= 15 is 0 Å². The Morgan fingerprint density at radius 2 is 1.30 bits per heavy atom. The fraction of sp³-hybridized carbons (Fsp3) is 0.133. The second-order valence-electron chi connectivity index (χ2n) is 8.40. The summed E-state index contributed by atoms with van der Waals surface area (Å²) >= 11 is 0. The second kappa shape index (κ2) is 12.4. The molecular weight excluding hydrogens is 473 g/mol. The summed E-state index contributed by atoms with van der Waals surface area (Å²) in [5.41, 5.74) is 2.78. The molecule has 0 aliphatic rings. The maximum Gasteiger partial charge on any atom is 0.326 e. The Labute approximate surface area is 214 Å². The molecular formula is C30H26FNO5. The van der Waals surface area contributed by atoms with Gasteiger partial charge in [-0.3, -0.25) is 4.79 Å². The van der Waals surface area contributed by atoms with Gasteiger partial charge < -0.3 is 19.9 Å². The van der Waals surface area contributed by atoms with Crippen molar-refractivity contribution in [3.63, 3.8) is 0 Å². The zero-order valence-corrected chi connectivity index (χ0v) is 20.0. The molecule has 7 heteroatoms.